The van der Waals surface area contributed by atoms with Gasteiger partial charge in [0.1, 0.15) is 11.8 Å². The van der Waals surface area contributed by atoms with E-state index in [0.29, 0.717) is 23.5 Å². The van der Waals surface area contributed by atoms with Crippen LogP contribution in [0.4, 0.5) is 16.2 Å². The number of hydrogen-bond donors (Lipinski definition) is 4. The number of amides is 5. The molecule has 1 heterocycles. The summed E-state index contributed by atoms with van der Waals surface area (Å²) < 4.78 is 5.25. The van der Waals surface area contributed by atoms with Crippen LogP contribution in [0.25, 0.3) is 0 Å². The van der Waals surface area contributed by atoms with Crippen molar-refractivity contribution in [2.24, 2.45) is 5.92 Å². The second-order valence-corrected chi connectivity index (χ2v) is 6.33. The molecule has 2 rings (SSSR count). The minimum absolute atomic E-state index is 0.127. The fourth-order valence-corrected chi connectivity index (χ4v) is 2.44. The highest BCUT2D eigenvalue weighted by Crippen LogP contribution is 2.28. The molecule has 26 heavy (non-hydrogen) atoms. The topological polar surface area (TPSA) is 126 Å². The molecular weight excluding hydrogens is 340 g/mol. The average Bonchev–Trinajstić information content (AvgIpc) is 2.85. The predicted molar refractivity (Wildman–Crippen MR) is 94.8 cm³/mol. The molecule has 1 atom stereocenters. The monoisotopic (exact) mass is 362 g/mol. The van der Waals surface area contributed by atoms with Crippen LogP contribution in [-0.4, -0.2) is 36.9 Å². The summed E-state index contributed by atoms with van der Waals surface area (Å²) in [6, 6.07) is 3.29. The van der Waals surface area contributed by atoms with Crippen LogP contribution in [0.3, 0.4) is 0 Å². The second-order valence-electron chi connectivity index (χ2n) is 6.33. The van der Waals surface area contributed by atoms with E-state index < -0.39 is 23.9 Å². The Bertz CT molecular complexity index is 732. The molecule has 0 spiro atoms. The van der Waals surface area contributed by atoms with Gasteiger partial charge in [-0.25, -0.2) is 4.79 Å². The smallest absolute Gasteiger partial charge is 0.322 e. The summed E-state index contributed by atoms with van der Waals surface area (Å²) in [4.78, 5) is 46.5. The molecule has 0 saturated carbocycles. The molecule has 9 nitrogen and oxygen atoms in total. The summed E-state index contributed by atoms with van der Waals surface area (Å²) in [6.07, 6.45) is 0.198. The van der Waals surface area contributed by atoms with E-state index in [2.05, 4.69) is 21.3 Å². The standard InChI is InChI=1S/C17H22N4O5/c1-9(2)6-14(22)19-11-5-4-10(7-13(11)26-3)18-15(23)8-12-16(24)21-17(25)20-12/h4-5,7,9,12H,6,8H2,1-3H3,(H,18,23)(H,19,22)(H2,20,21,24,25)/t12-/m0/s1. The molecule has 9 heteroatoms. The number of nitrogens with one attached hydrogen (secondary N) is 4. The first-order valence-corrected chi connectivity index (χ1v) is 8.17. The highest BCUT2D eigenvalue weighted by molar-refractivity contribution is 6.07. The van der Waals surface area contributed by atoms with Crippen LogP contribution in [0, 0.1) is 5.92 Å². The van der Waals surface area contributed by atoms with Gasteiger partial charge in [0, 0.05) is 18.2 Å². The zero-order valence-electron chi connectivity index (χ0n) is 14.8. The summed E-state index contributed by atoms with van der Waals surface area (Å²) >= 11 is 0. The van der Waals surface area contributed by atoms with Crippen LogP contribution < -0.4 is 26.0 Å². The Balaban J connectivity index is 1.99. The van der Waals surface area contributed by atoms with Crippen molar-refractivity contribution in [1.82, 2.24) is 10.6 Å². The molecule has 4 N–H and O–H groups in total. The van der Waals surface area contributed by atoms with Crippen molar-refractivity contribution >= 4 is 35.1 Å². The number of ether oxygens (including phenoxy) is 1. The van der Waals surface area contributed by atoms with E-state index in [1.807, 2.05) is 13.8 Å². The number of hydrogen-bond acceptors (Lipinski definition) is 5. The maximum absolute atomic E-state index is 12.1. The fourth-order valence-electron chi connectivity index (χ4n) is 2.44. The van der Waals surface area contributed by atoms with Gasteiger partial charge in [-0.3, -0.25) is 19.7 Å². The van der Waals surface area contributed by atoms with Crippen molar-refractivity contribution in [2.45, 2.75) is 32.7 Å². The number of benzene rings is 1. The maximum atomic E-state index is 12.1. The van der Waals surface area contributed by atoms with Gasteiger partial charge in [0.15, 0.2) is 0 Å². The van der Waals surface area contributed by atoms with Crippen LogP contribution >= 0.6 is 0 Å². The Labute approximate surface area is 150 Å². The van der Waals surface area contributed by atoms with Crippen molar-refractivity contribution in [3.8, 4) is 5.75 Å². The van der Waals surface area contributed by atoms with Crippen molar-refractivity contribution in [3.05, 3.63) is 18.2 Å². The lowest BCUT2D eigenvalue weighted by Crippen LogP contribution is -2.33. The first-order chi connectivity index (χ1) is 12.3. The molecule has 5 amide bonds. The minimum Gasteiger partial charge on any atom is -0.494 e. The second kappa shape index (κ2) is 8.32. The maximum Gasteiger partial charge on any atom is 0.322 e. The molecule has 1 aliphatic rings. The molecule has 0 radical (unpaired) electrons. The Morgan fingerprint density at radius 2 is 1.92 bits per heavy atom. The van der Waals surface area contributed by atoms with Gasteiger partial charge < -0.3 is 20.7 Å². The lowest BCUT2D eigenvalue weighted by Gasteiger charge is -2.14. The lowest BCUT2D eigenvalue weighted by atomic mass is 10.1. The van der Waals surface area contributed by atoms with Gasteiger partial charge in [0.2, 0.25) is 11.8 Å². The predicted octanol–water partition coefficient (Wildman–Crippen LogP) is 1.22. The van der Waals surface area contributed by atoms with Crippen LogP contribution in [0.15, 0.2) is 18.2 Å². The minimum atomic E-state index is -0.890. The first kappa shape index (κ1) is 19.2. The van der Waals surface area contributed by atoms with Gasteiger partial charge in [-0.1, -0.05) is 13.8 Å². The van der Waals surface area contributed by atoms with Crippen molar-refractivity contribution in [1.29, 1.82) is 0 Å². The summed E-state index contributed by atoms with van der Waals surface area (Å²) in [6.45, 7) is 3.89. The molecule has 1 aromatic carbocycles. The number of carbonyl (C=O) groups is 4. The third kappa shape index (κ3) is 5.20. The van der Waals surface area contributed by atoms with Crippen LogP contribution in [0.1, 0.15) is 26.7 Å². The molecule has 0 aromatic heterocycles. The Kier molecular flexibility index (Phi) is 6.16. The van der Waals surface area contributed by atoms with Crippen LogP contribution in [0.2, 0.25) is 0 Å². The van der Waals surface area contributed by atoms with E-state index >= 15 is 0 Å². The number of rotatable bonds is 7. The molecule has 1 aliphatic heterocycles. The van der Waals surface area contributed by atoms with Gasteiger partial charge in [-0.2, -0.15) is 0 Å². The number of imide groups is 1. The molecule has 0 bridgehead atoms. The average molecular weight is 362 g/mol. The number of urea groups is 1. The van der Waals surface area contributed by atoms with Crippen molar-refractivity contribution in [2.75, 3.05) is 17.7 Å². The van der Waals surface area contributed by atoms with Crippen molar-refractivity contribution < 1.29 is 23.9 Å². The SMILES string of the molecule is COc1cc(NC(=O)C[C@@H]2NC(=O)NC2=O)ccc1NC(=O)CC(C)C. The normalized spacial score (nSPS) is 16.1. The summed E-state index contributed by atoms with van der Waals surface area (Å²) in [5, 5.41) is 9.82. The fraction of sp³-hybridized carbons (Fsp3) is 0.412. The van der Waals surface area contributed by atoms with E-state index in [1.54, 1.807) is 18.2 Å². The number of methoxy groups -OCH3 is 1. The molecule has 1 fully saturated rings. The Hall–Kier alpha value is -3.10. The summed E-state index contributed by atoms with van der Waals surface area (Å²) in [7, 11) is 1.46. The lowest BCUT2D eigenvalue weighted by molar-refractivity contribution is -0.124. The van der Waals surface area contributed by atoms with Crippen LogP contribution in [-0.2, 0) is 14.4 Å². The molecule has 140 valence electrons. The zero-order valence-corrected chi connectivity index (χ0v) is 14.8. The van der Waals surface area contributed by atoms with Gasteiger partial charge >= 0.3 is 6.03 Å². The zero-order chi connectivity index (χ0) is 19.3. The molecule has 0 unspecified atom stereocenters. The molecule has 1 aromatic rings. The third-order valence-corrected chi connectivity index (χ3v) is 3.60. The van der Waals surface area contributed by atoms with Crippen molar-refractivity contribution in [3.63, 3.8) is 0 Å². The van der Waals surface area contributed by atoms with E-state index in [0.717, 1.165) is 0 Å². The molecular formula is C17H22N4O5. The van der Waals surface area contributed by atoms with Gasteiger partial charge in [-0.15, -0.1) is 0 Å². The summed E-state index contributed by atoms with van der Waals surface area (Å²) in [5.41, 5.74) is 0.942. The first-order valence-electron chi connectivity index (χ1n) is 8.17. The molecule has 1 saturated heterocycles. The summed E-state index contributed by atoms with van der Waals surface area (Å²) in [5.74, 6) is -0.477. The number of carbonyl (C=O) groups excluding carboxylic acids is 4. The van der Waals surface area contributed by atoms with Gasteiger partial charge in [-0.05, 0) is 18.1 Å². The van der Waals surface area contributed by atoms with E-state index in [9.17, 15) is 19.2 Å². The van der Waals surface area contributed by atoms with E-state index in [1.165, 1.54) is 7.11 Å². The Morgan fingerprint density at radius 3 is 2.50 bits per heavy atom. The highest BCUT2D eigenvalue weighted by Gasteiger charge is 2.31. The van der Waals surface area contributed by atoms with Gasteiger partial charge in [0.25, 0.3) is 5.91 Å². The Morgan fingerprint density at radius 1 is 1.19 bits per heavy atom. The number of anilines is 2. The molecule has 0 aliphatic carbocycles. The van der Waals surface area contributed by atoms with Crippen LogP contribution in [0.5, 0.6) is 5.75 Å². The van der Waals surface area contributed by atoms with E-state index in [-0.39, 0.29) is 18.2 Å². The largest absolute Gasteiger partial charge is 0.494 e. The quantitative estimate of drug-likeness (QED) is 0.543. The third-order valence-electron chi connectivity index (χ3n) is 3.60. The van der Waals surface area contributed by atoms with E-state index in [4.69, 9.17) is 4.74 Å². The van der Waals surface area contributed by atoms with Gasteiger partial charge in [0.05, 0.1) is 19.2 Å². The highest BCUT2D eigenvalue weighted by atomic mass is 16.5.